The third-order valence-electron chi connectivity index (χ3n) is 4.80. The molecule has 8 heteroatoms. The van der Waals surface area contributed by atoms with Crippen LogP contribution in [0.4, 0.5) is 5.69 Å². The molecule has 1 atom stereocenters. The fourth-order valence-electron chi connectivity index (χ4n) is 3.12. The number of Topliss-reactive ketones (excluding diaryl/α,β-unsaturated/α-hetero) is 1. The second kappa shape index (κ2) is 10.5. The van der Waals surface area contributed by atoms with Gasteiger partial charge in [0.05, 0.1) is 27.7 Å². The van der Waals surface area contributed by atoms with Crippen LogP contribution >= 0.6 is 11.6 Å². The Hall–Kier alpha value is -3.42. The number of carbonyl (C=O) groups excluding carboxylic acids is 2. The third kappa shape index (κ3) is 5.50. The Labute approximate surface area is 198 Å². The van der Waals surface area contributed by atoms with E-state index < -0.39 is 22.1 Å². The number of nitrogens with zero attached hydrogens (tertiary/aromatic N) is 1. The Bertz CT molecular complexity index is 1260. The van der Waals surface area contributed by atoms with E-state index in [4.69, 9.17) is 16.3 Å². The van der Waals surface area contributed by atoms with Gasteiger partial charge in [-0.05, 0) is 37.3 Å². The first-order valence-electron chi connectivity index (χ1n) is 10.0. The molecule has 0 aromatic heterocycles. The Morgan fingerprint density at radius 1 is 1.03 bits per heavy atom. The maximum Gasteiger partial charge on any atom is 0.340 e. The van der Waals surface area contributed by atoms with E-state index in [1.807, 2.05) is 0 Å². The number of halogens is 1. The van der Waals surface area contributed by atoms with Gasteiger partial charge in [-0.15, -0.1) is 6.58 Å². The van der Waals surface area contributed by atoms with Crippen LogP contribution in [0.3, 0.4) is 0 Å². The van der Waals surface area contributed by atoms with E-state index in [-0.39, 0.29) is 27.8 Å². The number of para-hydroxylation sites is 1. The monoisotopic (exact) mass is 483 g/mol. The molecule has 3 aromatic carbocycles. The van der Waals surface area contributed by atoms with E-state index >= 15 is 0 Å². The quantitative estimate of drug-likeness (QED) is 0.239. The molecule has 6 nitrogen and oxygen atoms in total. The van der Waals surface area contributed by atoms with Crippen LogP contribution in [0.2, 0.25) is 5.02 Å². The molecule has 0 aliphatic carbocycles. The molecular formula is C25H22ClNO5S. The number of anilines is 1. The lowest BCUT2D eigenvalue weighted by Crippen LogP contribution is -2.31. The van der Waals surface area contributed by atoms with E-state index in [2.05, 4.69) is 6.58 Å². The molecule has 0 amide bonds. The SMILES string of the molecule is C=CCN(c1ccccc1)S(=O)(=O)c1ccc(Cl)c(C(=O)O[C@H](C)C(=O)c2ccccc2)c1. The summed E-state index contributed by atoms with van der Waals surface area (Å²) in [5.74, 6) is -1.28. The number of carbonyl (C=O) groups is 2. The van der Waals surface area contributed by atoms with Gasteiger partial charge in [0.25, 0.3) is 10.0 Å². The largest absolute Gasteiger partial charge is 0.451 e. The smallest absolute Gasteiger partial charge is 0.340 e. The minimum Gasteiger partial charge on any atom is -0.451 e. The zero-order valence-electron chi connectivity index (χ0n) is 17.8. The summed E-state index contributed by atoms with van der Waals surface area (Å²) < 4.78 is 33.2. The Morgan fingerprint density at radius 3 is 2.24 bits per heavy atom. The molecule has 0 heterocycles. The van der Waals surface area contributed by atoms with Gasteiger partial charge in [-0.2, -0.15) is 0 Å². The van der Waals surface area contributed by atoms with Crippen LogP contribution in [0, 0.1) is 0 Å². The number of esters is 1. The number of sulfonamides is 1. The number of rotatable bonds is 9. The van der Waals surface area contributed by atoms with Gasteiger partial charge >= 0.3 is 5.97 Å². The van der Waals surface area contributed by atoms with E-state index in [0.29, 0.717) is 11.3 Å². The standard InChI is InChI=1S/C25H22ClNO5S/c1-3-16-27(20-12-8-5-9-13-20)33(30,31)21-14-15-23(26)22(17-21)25(29)32-18(2)24(28)19-10-6-4-7-11-19/h3-15,17-18H,1,16H2,2H3/t18-/m1/s1. The van der Waals surface area contributed by atoms with E-state index in [0.717, 1.165) is 6.07 Å². The highest BCUT2D eigenvalue weighted by Gasteiger charge is 2.27. The van der Waals surface area contributed by atoms with Crippen LogP contribution in [0.1, 0.15) is 27.6 Å². The molecular weight excluding hydrogens is 462 g/mol. The van der Waals surface area contributed by atoms with Crippen LogP contribution in [-0.4, -0.2) is 32.8 Å². The molecule has 0 saturated carbocycles. The maximum absolute atomic E-state index is 13.4. The molecule has 33 heavy (non-hydrogen) atoms. The van der Waals surface area contributed by atoms with Gasteiger partial charge < -0.3 is 4.74 Å². The van der Waals surface area contributed by atoms with Crippen LogP contribution in [-0.2, 0) is 14.8 Å². The van der Waals surface area contributed by atoms with Crippen molar-refractivity contribution in [2.24, 2.45) is 0 Å². The lowest BCUT2D eigenvalue weighted by atomic mass is 10.1. The summed E-state index contributed by atoms with van der Waals surface area (Å²) >= 11 is 6.17. The number of hydrogen-bond donors (Lipinski definition) is 0. The molecule has 0 aliphatic rings. The average Bonchev–Trinajstić information content (AvgIpc) is 2.83. The Kier molecular flexibility index (Phi) is 7.68. The van der Waals surface area contributed by atoms with Crippen molar-refractivity contribution in [1.82, 2.24) is 0 Å². The molecule has 0 N–H and O–H groups in total. The van der Waals surface area contributed by atoms with E-state index in [1.165, 1.54) is 29.4 Å². The van der Waals surface area contributed by atoms with Crippen molar-refractivity contribution < 1.29 is 22.7 Å². The van der Waals surface area contributed by atoms with Crippen LogP contribution in [0.25, 0.3) is 0 Å². The molecule has 3 rings (SSSR count). The molecule has 3 aromatic rings. The van der Waals surface area contributed by atoms with Gasteiger partial charge in [0.2, 0.25) is 5.78 Å². The highest BCUT2D eigenvalue weighted by Crippen LogP contribution is 2.27. The zero-order chi connectivity index (χ0) is 24.0. The predicted molar refractivity (Wildman–Crippen MR) is 128 cm³/mol. The first-order chi connectivity index (χ1) is 15.8. The lowest BCUT2D eigenvalue weighted by Gasteiger charge is -2.23. The van der Waals surface area contributed by atoms with Crippen molar-refractivity contribution in [2.45, 2.75) is 17.9 Å². The number of benzene rings is 3. The minimum atomic E-state index is -4.05. The normalized spacial score (nSPS) is 11.9. The van der Waals surface area contributed by atoms with Gasteiger partial charge in [0, 0.05) is 5.56 Å². The second-order valence-corrected chi connectivity index (χ2v) is 9.35. The zero-order valence-corrected chi connectivity index (χ0v) is 19.4. The van der Waals surface area contributed by atoms with Crippen LogP contribution in [0.15, 0.2) is 96.4 Å². The number of ether oxygens (including phenoxy) is 1. The van der Waals surface area contributed by atoms with Crippen molar-refractivity contribution in [3.05, 3.63) is 108 Å². The highest BCUT2D eigenvalue weighted by atomic mass is 35.5. The third-order valence-corrected chi connectivity index (χ3v) is 6.92. The van der Waals surface area contributed by atoms with Gasteiger partial charge in [-0.1, -0.05) is 66.2 Å². The second-order valence-electron chi connectivity index (χ2n) is 7.08. The topological polar surface area (TPSA) is 80.8 Å². The van der Waals surface area contributed by atoms with Crippen LogP contribution < -0.4 is 4.31 Å². The van der Waals surface area contributed by atoms with Crippen molar-refractivity contribution >= 4 is 39.1 Å². The summed E-state index contributed by atoms with van der Waals surface area (Å²) in [6.07, 6.45) is 0.379. The summed E-state index contributed by atoms with van der Waals surface area (Å²) in [7, 11) is -4.05. The maximum atomic E-state index is 13.4. The predicted octanol–water partition coefficient (Wildman–Crippen LogP) is 5.15. The van der Waals surface area contributed by atoms with E-state index in [9.17, 15) is 18.0 Å². The van der Waals surface area contributed by atoms with Crippen molar-refractivity contribution in [2.75, 3.05) is 10.8 Å². The molecule has 0 radical (unpaired) electrons. The molecule has 0 unspecified atom stereocenters. The summed E-state index contributed by atoms with van der Waals surface area (Å²) in [4.78, 5) is 25.1. The van der Waals surface area contributed by atoms with Gasteiger partial charge in [0.1, 0.15) is 0 Å². The lowest BCUT2D eigenvalue weighted by molar-refractivity contribution is 0.0318. The van der Waals surface area contributed by atoms with Crippen molar-refractivity contribution in [3.8, 4) is 0 Å². The summed E-state index contributed by atoms with van der Waals surface area (Å²) in [5.41, 5.74) is 0.679. The molecule has 0 fully saturated rings. The first kappa shape index (κ1) is 24.2. The number of ketones is 1. The number of hydrogen-bond acceptors (Lipinski definition) is 5. The van der Waals surface area contributed by atoms with Crippen molar-refractivity contribution in [1.29, 1.82) is 0 Å². The molecule has 0 spiro atoms. The van der Waals surface area contributed by atoms with Crippen molar-refractivity contribution in [3.63, 3.8) is 0 Å². The van der Waals surface area contributed by atoms with Gasteiger partial charge in [-0.3, -0.25) is 9.10 Å². The molecule has 0 saturated heterocycles. The Balaban J connectivity index is 1.90. The fraction of sp³-hybridized carbons (Fsp3) is 0.120. The summed E-state index contributed by atoms with van der Waals surface area (Å²) in [5, 5.41) is 0.00768. The average molecular weight is 484 g/mol. The van der Waals surface area contributed by atoms with Gasteiger partial charge in [0.15, 0.2) is 6.10 Å². The highest BCUT2D eigenvalue weighted by molar-refractivity contribution is 7.92. The Morgan fingerprint density at radius 2 is 1.64 bits per heavy atom. The minimum absolute atomic E-state index is 0.00768. The van der Waals surface area contributed by atoms with E-state index in [1.54, 1.807) is 60.7 Å². The first-order valence-corrected chi connectivity index (χ1v) is 11.9. The van der Waals surface area contributed by atoms with Gasteiger partial charge in [-0.25, -0.2) is 13.2 Å². The molecule has 0 bridgehead atoms. The molecule has 0 aliphatic heterocycles. The van der Waals surface area contributed by atoms with Crippen LogP contribution in [0.5, 0.6) is 0 Å². The summed E-state index contributed by atoms with van der Waals surface area (Å²) in [6.45, 7) is 5.11. The fourth-order valence-corrected chi connectivity index (χ4v) is 4.77. The summed E-state index contributed by atoms with van der Waals surface area (Å²) in [6, 6.07) is 20.7. The molecule has 170 valence electrons.